The molecule has 0 atom stereocenters. The highest BCUT2D eigenvalue weighted by Gasteiger charge is 2.25. The zero-order valence-corrected chi connectivity index (χ0v) is 69.5. The van der Waals surface area contributed by atoms with Gasteiger partial charge < -0.3 is 18.3 Å². The first-order chi connectivity index (χ1) is 61.2. The standard InChI is InChI=1S/C33H23N.3C29H21N/c1-22-20-30-31-21-29(23-12-4-2-5-13-23)26-17-9-11-19-28(26)33(31)34(24-14-6-3-7-15-24)32(30)27-18-10-8-16-25(22)27;1-20-18-27-25-17-16-22(21-10-4-2-5-11-21)19-28(25)30(23-12-6-3-7-13-23)29(27)26-15-9-8-14-24(20)26;1-20-18-27-26-19-22(21-10-4-2-5-11-21)16-17-28(26)30(23-12-6-3-7-13-23)29(27)25-15-9-8-14-24(20)25;1-20-16-17-27-26(18-20)29-24-15-9-8-14-23(24)25(21-10-4-2-5-11-21)19-28(29)30(27)22-12-6-3-7-13-22/h2-21H,1H3;3*2-19H,1H3. The lowest BCUT2D eigenvalue weighted by atomic mass is 9.94. The maximum atomic E-state index is 2.48. The van der Waals surface area contributed by atoms with E-state index in [1.165, 1.54) is 231 Å². The van der Waals surface area contributed by atoms with Gasteiger partial charge in [-0.15, -0.1) is 0 Å². The van der Waals surface area contributed by atoms with Gasteiger partial charge in [0.25, 0.3) is 0 Å². The minimum atomic E-state index is 1.19. The molecule has 0 amide bonds. The van der Waals surface area contributed by atoms with Crippen molar-refractivity contribution in [2.75, 3.05) is 0 Å². The Hall–Kier alpha value is -15.9. The minimum Gasteiger partial charge on any atom is -0.309 e. The van der Waals surface area contributed by atoms with Gasteiger partial charge in [-0.05, 0) is 230 Å². The van der Waals surface area contributed by atoms with Crippen LogP contribution in [0.1, 0.15) is 22.3 Å². The topological polar surface area (TPSA) is 19.7 Å². The lowest BCUT2D eigenvalue weighted by Gasteiger charge is -2.13. The molecule has 124 heavy (non-hydrogen) atoms. The molecule has 25 aromatic rings. The molecule has 25 rings (SSSR count). The summed E-state index contributed by atoms with van der Waals surface area (Å²) in [6, 6.07) is 162. The molecule has 4 heteroatoms. The van der Waals surface area contributed by atoms with E-state index in [0.717, 1.165) is 0 Å². The molecule has 0 unspecified atom stereocenters. The van der Waals surface area contributed by atoms with Crippen molar-refractivity contribution in [3.8, 4) is 67.3 Å². The maximum Gasteiger partial charge on any atom is 0.0620 e. The molecule has 586 valence electrons. The minimum absolute atomic E-state index is 1.19. The van der Waals surface area contributed by atoms with Crippen LogP contribution in [0, 0.1) is 27.7 Å². The third kappa shape index (κ3) is 12.8. The van der Waals surface area contributed by atoms with Crippen LogP contribution in [0.25, 0.3) is 208 Å². The Bertz CT molecular complexity index is 8350. The Labute approximate surface area is 720 Å². The van der Waals surface area contributed by atoms with Crippen LogP contribution in [-0.2, 0) is 0 Å². The van der Waals surface area contributed by atoms with Gasteiger partial charge in [0.1, 0.15) is 0 Å². The van der Waals surface area contributed by atoms with Crippen molar-refractivity contribution in [1.29, 1.82) is 0 Å². The summed E-state index contributed by atoms with van der Waals surface area (Å²) in [5.74, 6) is 0. The second-order valence-corrected chi connectivity index (χ2v) is 32.8. The monoisotopic (exact) mass is 1580 g/mol. The first-order valence-corrected chi connectivity index (χ1v) is 43.0. The fraction of sp³-hybridized carbons (Fsp3) is 0.0333. The van der Waals surface area contributed by atoms with E-state index in [-0.39, 0.29) is 0 Å². The zero-order chi connectivity index (χ0) is 82.9. The number of nitrogens with zero attached hydrogens (tertiary/aromatic N) is 4. The van der Waals surface area contributed by atoms with E-state index in [2.05, 4.69) is 495 Å². The van der Waals surface area contributed by atoms with Crippen molar-refractivity contribution in [1.82, 2.24) is 18.3 Å². The largest absolute Gasteiger partial charge is 0.309 e. The predicted molar refractivity (Wildman–Crippen MR) is 531 cm³/mol. The second kappa shape index (κ2) is 31.4. The molecular formula is C120H86N4. The highest BCUT2D eigenvalue weighted by Crippen LogP contribution is 2.48. The van der Waals surface area contributed by atoms with Crippen LogP contribution in [-0.4, -0.2) is 18.3 Å². The molecule has 0 N–H and O–H groups in total. The number of para-hydroxylation sites is 4. The van der Waals surface area contributed by atoms with Crippen LogP contribution in [0.3, 0.4) is 0 Å². The molecule has 0 spiro atoms. The molecular weight excluding hydrogens is 1500 g/mol. The van der Waals surface area contributed by atoms with Crippen molar-refractivity contribution >= 4 is 141 Å². The van der Waals surface area contributed by atoms with Gasteiger partial charge in [-0.1, -0.05) is 345 Å². The van der Waals surface area contributed by atoms with Crippen molar-refractivity contribution < 1.29 is 0 Å². The molecule has 0 saturated carbocycles. The number of hydrogen-bond acceptors (Lipinski definition) is 0. The van der Waals surface area contributed by atoms with Crippen molar-refractivity contribution in [2.24, 2.45) is 0 Å². The summed E-state index contributed by atoms with van der Waals surface area (Å²) in [4.78, 5) is 0. The van der Waals surface area contributed by atoms with Gasteiger partial charge >= 0.3 is 0 Å². The van der Waals surface area contributed by atoms with Crippen molar-refractivity contribution in [3.05, 3.63) is 471 Å². The Kier molecular flexibility index (Phi) is 18.8. The normalized spacial score (nSPS) is 11.5. The van der Waals surface area contributed by atoms with Crippen molar-refractivity contribution in [3.63, 3.8) is 0 Å². The van der Waals surface area contributed by atoms with E-state index in [4.69, 9.17) is 0 Å². The number of fused-ring (bicyclic) bond motifs is 22. The molecule has 0 bridgehead atoms. The molecule has 4 nitrogen and oxygen atoms in total. The van der Waals surface area contributed by atoms with Crippen LogP contribution in [0.2, 0.25) is 0 Å². The molecule has 21 aromatic carbocycles. The SMILES string of the molecule is Cc1cc2c3cc(-c4ccccc4)c4ccccc4c3n(-c3ccccc3)c2c2ccccc12.Cc1cc2c3cc(-c4ccccc4)ccc3n(-c3ccccc3)c2c2ccccc12.Cc1cc2c3ccc(-c4ccccc4)cc3n(-c3ccccc3)c2c2ccccc12.Cc1ccc2c(c1)c1c3ccccc3c(-c3ccccc3)cc1n2-c1ccccc1. The molecule has 0 aliphatic carbocycles. The van der Waals surface area contributed by atoms with Gasteiger partial charge in [-0.2, -0.15) is 0 Å². The Morgan fingerprint density at radius 3 is 0.919 bits per heavy atom. The van der Waals surface area contributed by atoms with E-state index >= 15 is 0 Å². The third-order valence-electron chi connectivity index (χ3n) is 25.3. The van der Waals surface area contributed by atoms with E-state index in [9.17, 15) is 0 Å². The van der Waals surface area contributed by atoms with Crippen LogP contribution in [0.5, 0.6) is 0 Å². The van der Waals surface area contributed by atoms with Crippen molar-refractivity contribution in [2.45, 2.75) is 27.7 Å². The molecule has 0 aliphatic heterocycles. The molecule has 4 aromatic heterocycles. The first kappa shape index (κ1) is 74.4. The molecule has 4 heterocycles. The molecule has 0 radical (unpaired) electrons. The maximum absolute atomic E-state index is 2.48. The van der Waals surface area contributed by atoms with Crippen LogP contribution < -0.4 is 0 Å². The molecule has 0 aliphatic rings. The average molecular weight is 1580 g/mol. The molecule has 0 fully saturated rings. The fourth-order valence-electron chi connectivity index (χ4n) is 19.7. The first-order valence-electron chi connectivity index (χ1n) is 43.0. The predicted octanol–water partition coefficient (Wildman–Crippen LogP) is 32.8. The highest BCUT2D eigenvalue weighted by molar-refractivity contribution is 6.28. The van der Waals surface area contributed by atoms with Gasteiger partial charge in [0.15, 0.2) is 0 Å². The Balaban J connectivity index is 0.0000000984. The van der Waals surface area contributed by atoms with Crippen LogP contribution in [0.15, 0.2) is 449 Å². The zero-order valence-electron chi connectivity index (χ0n) is 69.5. The number of aryl methyl sites for hydroxylation is 4. The summed E-state index contributed by atoms with van der Waals surface area (Å²) in [7, 11) is 0. The second-order valence-electron chi connectivity index (χ2n) is 32.8. The van der Waals surface area contributed by atoms with Crippen LogP contribution >= 0.6 is 0 Å². The Morgan fingerprint density at radius 1 is 0.145 bits per heavy atom. The van der Waals surface area contributed by atoms with Gasteiger partial charge in [0.2, 0.25) is 0 Å². The summed E-state index contributed by atoms with van der Waals surface area (Å²) in [6.07, 6.45) is 0. The smallest absolute Gasteiger partial charge is 0.0620 e. The van der Waals surface area contributed by atoms with Gasteiger partial charge in [-0.3, -0.25) is 0 Å². The lowest BCUT2D eigenvalue weighted by Crippen LogP contribution is -1.95. The average Bonchev–Trinajstić information content (AvgIpc) is 1.57. The summed E-state index contributed by atoms with van der Waals surface area (Å²) in [6.45, 7) is 8.83. The van der Waals surface area contributed by atoms with Gasteiger partial charge in [-0.25, -0.2) is 0 Å². The molecule has 0 saturated heterocycles. The fourth-order valence-corrected chi connectivity index (χ4v) is 19.7. The van der Waals surface area contributed by atoms with Crippen LogP contribution in [0.4, 0.5) is 0 Å². The summed E-state index contributed by atoms with van der Waals surface area (Å²) < 4.78 is 9.73. The number of hydrogen-bond donors (Lipinski definition) is 0. The Morgan fingerprint density at radius 2 is 0.452 bits per heavy atom. The van der Waals surface area contributed by atoms with E-state index in [0.29, 0.717) is 0 Å². The van der Waals surface area contributed by atoms with E-state index in [1.807, 2.05) is 0 Å². The third-order valence-corrected chi connectivity index (χ3v) is 25.3. The van der Waals surface area contributed by atoms with E-state index < -0.39 is 0 Å². The summed E-state index contributed by atoms with van der Waals surface area (Å²) in [5, 5.41) is 23.4. The number of rotatable bonds is 8. The van der Waals surface area contributed by atoms with E-state index in [1.54, 1.807) is 0 Å². The quantitative estimate of drug-likeness (QED) is 0.144. The summed E-state index contributed by atoms with van der Waals surface area (Å²) >= 11 is 0. The lowest BCUT2D eigenvalue weighted by molar-refractivity contribution is 1.18. The van der Waals surface area contributed by atoms with Gasteiger partial charge in [0.05, 0.1) is 44.1 Å². The number of benzene rings is 21. The highest BCUT2D eigenvalue weighted by atomic mass is 15.0. The number of aromatic nitrogens is 4. The summed E-state index contributed by atoms with van der Waals surface area (Å²) in [5.41, 5.74) is 30.1. The van der Waals surface area contributed by atoms with Gasteiger partial charge in [0, 0.05) is 87.4 Å².